The summed E-state index contributed by atoms with van der Waals surface area (Å²) in [5.74, 6) is 0. The topological polar surface area (TPSA) is 29.3 Å². The first kappa shape index (κ1) is 13.9. The lowest BCUT2D eigenvalue weighted by molar-refractivity contribution is 0.825. The Morgan fingerprint density at radius 1 is 1.16 bits per heavy atom. The third kappa shape index (κ3) is 3.29. The second kappa shape index (κ2) is 6.11. The highest BCUT2D eigenvalue weighted by atomic mass is 79.9. The lowest BCUT2D eigenvalue weighted by Crippen LogP contribution is -2.23. The summed E-state index contributed by atoms with van der Waals surface area (Å²) in [7, 11) is 0. The maximum atomic E-state index is 5.87. The normalized spacial score (nSPS) is 10.5. The summed E-state index contributed by atoms with van der Waals surface area (Å²) in [6.07, 6.45) is 0. The second-order valence-corrected chi connectivity index (χ2v) is 5.51. The number of hydrogen-bond donors (Lipinski definition) is 1. The monoisotopic (exact) mass is 318 g/mol. The average molecular weight is 319 g/mol. The van der Waals surface area contributed by atoms with Crippen molar-refractivity contribution in [2.45, 2.75) is 20.4 Å². The molecule has 100 valence electrons. The quantitative estimate of drug-likeness (QED) is 0.848. The van der Waals surface area contributed by atoms with Crippen molar-refractivity contribution in [1.82, 2.24) is 0 Å². The summed E-state index contributed by atoms with van der Waals surface area (Å²) in [5, 5.41) is 0. The zero-order valence-electron chi connectivity index (χ0n) is 11.4. The fourth-order valence-corrected chi connectivity index (χ4v) is 2.58. The molecule has 0 aliphatic heterocycles. The van der Waals surface area contributed by atoms with E-state index in [0.717, 1.165) is 23.2 Å². The van der Waals surface area contributed by atoms with Crippen LogP contribution in [0, 0.1) is 6.92 Å². The average Bonchev–Trinajstić information content (AvgIpc) is 2.41. The first-order valence-corrected chi connectivity index (χ1v) is 7.25. The molecule has 0 bridgehead atoms. The van der Waals surface area contributed by atoms with Crippen LogP contribution < -0.4 is 10.6 Å². The Labute approximate surface area is 123 Å². The van der Waals surface area contributed by atoms with E-state index in [-0.39, 0.29) is 0 Å². The van der Waals surface area contributed by atoms with E-state index in [4.69, 9.17) is 5.73 Å². The van der Waals surface area contributed by atoms with Crippen LogP contribution in [0.3, 0.4) is 0 Å². The van der Waals surface area contributed by atoms with Crippen molar-refractivity contribution < 1.29 is 0 Å². The zero-order valence-corrected chi connectivity index (χ0v) is 12.9. The summed E-state index contributed by atoms with van der Waals surface area (Å²) >= 11 is 3.60. The van der Waals surface area contributed by atoms with Crippen LogP contribution in [0.4, 0.5) is 11.4 Å². The Kier molecular flexibility index (Phi) is 4.48. The number of nitrogens with two attached hydrogens (primary N) is 1. The van der Waals surface area contributed by atoms with Crippen molar-refractivity contribution in [2.24, 2.45) is 0 Å². The lowest BCUT2D eigenvalue weighted by Gasteiger charge is -2.25. The molecule has 2 nitrogen and oxygen atoms in total. The molecule has 0 radical (unpaired) electrons. The third-order valence-electron chi connectivity index (χ3n) is 3.27. The van der Waals surface area contributed by atoms with Crippen LogP contribution in [0.2, 0.25) is 0 Å². The molecule has 0 aromatic heterocycles. The Balaban J connectivity index is 2.29. The molecule has 0 aliphatic rings. The highest BCUT2D eigenvalue weighted by Gasteiger charge is 2.10. The molecule has 0 spiro atoms. The van der Waals surface area contributed by atoms with Gasteiger partial charge in [-0.05, 0) is 49.2 Å². The van der Waals surface area contributed by atoms with Gasteiger partial charge in [0.2, 0.25) is 0 Å². The highest BCUT2D eigenvalue weighted by Crippen LogP contribution is 2.25. The molecule has 2 aromatic carbocycles. The van der Waals surface area contributed by atoms with E-state index in [1.807, 2.05) is 18.2 Å². The fraction of sp³-hybridized carbons (Fsp3) is 0.250. The van der Waals surface area contributed by atoms with Crippen LogP contribution in [0.1, 0.15) is 18.1 Å². The number of para-hydroxylation sites is 1. The van der Waals surface area contributed by atoms with Gasteiger partial charge in [-0.2, -0.15) is 0 Å². The van der Waals surface area contributed by atoms with E-state index >= 15 is 0 Å². The van der Waals surface area contributed by atoms with Crippen LogP contribution in [-0.2, 0) is 6.54 Å². The lowest BCUT2D eigenvalue weighted by atomic mass is 10.1. The number of anilines is 2. The van der Waals surface area contributed by atoms with Gasteiger partial charge < -0.3 is 10.6 Å². The molecular weight excluding hydrogens is 300 g/mol. The van der Waals surface area contributed by atoms with Crippen LogP contribution in [0.5, 0.6) is 0 Å². The van der Waals surface area contributed by atoms with Gasteiger partial charge in [0.25, 0.3) is 0 Å². The van der Waals surface area contributed by atoms with Gasteiger partial charge in [0.05, 0.1) is 0 Å². The molecule has 2 N–H and O–H groups in total. The maximum absolute atomic E-state index is 5.87. The number of aryl methyl sites for hydroxylation is 1. The van der Waals surface area contributed by atoms with Gasteiger partial charge >= 0.3 is 0 Å². The van der Waals surface area contributed by atoms with Crippen LogP contribution in [0.15, 0.2) is 46.9 Å². The van der Waals surface area contributed by atoms with Gasteiger partial charge in [0.15, 0.2) is 0 Å². The Morgan fingerprint density at radius 3 is 2.58 bits per heavy atom. The smallest absolute Gasteiger partial charge is 0.0441 e. The molecule has 0 saturated carbocycles. The SMILES string of the molecule is CCN(Cc1cc(N)ccc1Br)c1ccccc1C. The molecule has 0 saturated heterocycles. The van der Waals surface area contributed by atoms with E-state index in [9.17, 15) is 0 Å². The van der Waals surface area contributed by atoms with Gasteiger partial charge in [-0.15, -0.1) is 0 Å². The summed E-state index contributed by atoms with van der Waals surface area (Å²) < 4.78 is 1.11. The van der Waals surface area contributed by atoms with Crippen LogP contribution in [-0.4, -0.2) is 6.54 Å². The summed E-state index contributed by atoms with van der Waals surface area (Å²) in [6, 6.07) is 14.4. The van der Waals surface area contributed by atoms with Crippen molar-refractivity contribution in [1.29, 1.82) is 0 Å². The Hall–Kier alpha value is -1.48. The fourth-order valence-electron chi connectivity index (χ4n) is 2.21. The van der Waals surface area contributed by atoms with Gasteiger partial charge in [-0.1, -0.05) is 34.1 Å². The molecule has 19 heavy (non-hydrogen) atoms. The molecule has 2 aromatic rings. The van der Waals surface area contributed by atoms with Crippen molar-refractivity contribution in [2.75, 3.05) is 17.2 Å². The third-order valence-corrected chi connectivity index (χ3v) is 4.04. The standard InChI is InChI=1S/C16H19BrN2/c1-3-19(16-7-5-4-6-12(16)2)11-13-10-14(18)8-9-15(13)17/h4-10H,3,11,18H2,1-2H3. The number of rotatable bonds is 4. The predicted octanol–water partition coefficient (Wildman–Crippen LogP) is 4.37. The summed E-state index contributed by atoms with van der Waals surface area (Å²) in [5.41, 5.74) is 10.5. The molecule has 3 heteroatoms. The molecule has 0 amide bonds. The minimum absolute atomic E-state index is 0.805. The van der Waals surface area contributed by atoms with Crippen molar-refractivity contribution in [3.63, 3.8) is 0 Å². The van der Waals surface area contributed by atoms with E-state index < -0.39 is 0 Å². The van der Waals surface area contributed by atoms with Crippen LogP contribution in [0.25, 0.3) is 0 Å². The minimum Gasteiger partial charge on any atom is -0.399 e. The molecule has 0 heterocycles. The van der Waals surface area contributed by atoms with E-state index in [0.29, 0.717) is 0 Å². The van der Waals surface area contributed by atoms with Gasteiger partial charge in [-0.25, -0.2) is 0 Å². The number of nitrogen functional groups attached to an aromatic ring is 1. The zero-order chi connectivity index (χ0) is 13.8. The summed E-state index contributed by atoms with van der Waals surface area (Å²) in [6.45, 7) is 6.14. The second-order valence-electron chi connectivity index (χ2n) is 4.65. The van der Waals surface area contributed by atoms with E-state index in [2.05, 4.69) is 58.9 Å². The molecule has 0 fully saturated rings. The largest absolute Gasteiger partial charge is 0.399 e. The first-order chi connectivity index (χ1) is 9.11. The number of hydrogen-bond acceptors (Lipinski definition) is 2. The van der Waals surface area contributed by atoms with Gasteiger partial charge in [0, 0.05) is 28.9 Å². The number of benzene rings is 2. The van der Waals surface area contributed by atoms with Crippen molar-refractivity contribution in [3.05, 3.63) is 58.1 Å². The Morgan fingerprint density at radius 2 is 1.89 bits per heavy atom. The van der Waals surface area contributed by atoms with Crippen molar-refractivity contribution >= 4 is 27.3 Å². The first-order valence-electron chi connectivity index (χ1n) is 6.46. The molecule has 0 unspecified atom stereocenters. The number of halogens is 1. The molecular formula is C16H19BrN2. The maximum Gasteiger partial charge on any atom is 0.0441 e. The van der Waals surface area contributed by atoms with E-state index in [1.165, 1.54) is 16.8 Å². The van der Waals surface area contributed by atoms with Gasteiger partial charge in [0.1, 0.15) is 0 Å². The molecule has 2 rings (SSSR count). The summed E-state index contributed by atoms with van der Waals surface area (Å²) in [4.78, 5) is 2.36. The van der Waals surface area contributed by atoms with Crippen molar-refractivity contribution in [3.8, 4) is 0 Å². The highest BCUT2D eigenvalue weighted by molar-refractivity contribution is 9.10. The van der Waals surface area contributed by atoms with Crippen LogP contribution >= 0.6 is 15.9 Å². The Bertz CT molecular complexity index is 566. The minimum atomic E-state index is 0.805. The molecule has 0 aliphatic carbocycles. The number of nitrogens with zero attached hydrogens (tertiary/aromatic N) is 1. The molecule has 0 atom stereocenters. The van der Waals surface area contributed by atoms with Gasteiger partial charge in [-0.3, -0.25) is 0 Å². The van der Waals surface area contributed by atoms with E-state index in [1.54, 1.807) is 0 Å². The predicted molar refractivity (Wildman–Crippen MR) is 86.5 cm³/mol.